The van der Waals surface area contributed by atoms with Crippen LogP contribution in [0.3, 0.4) is 0 Å². The molecular weight excluding hydrogens is 622 g/mol. The summed E-state index contributed by atoms with van der Waals surface area (Å²) in [6, 6.07) is 16.9. The third-order valence-electron chi connectivity index (χ3n) is 7.44. The number of carbonyl (C=O) groups excluding carboxylic acids is 2. The van der Waals surface area contributed by atoms with Crippen LogP contribution >= 0.6 is 0 Å². The number of rotatable bonds is 7. The van der Waals surface area contributed by atoms with Gasteiger partial charge >= 0.3 is 6.18 Å². The zero-order chi connectivity index (χ0) is 33.4. The first-order chi connectivity index (χ1) is 21.7. The third kappa shape index (κ3) is 6.50. The molecule has 3 aromatic carbocycles. The molecule has 3 atom stereocenters. The average molecular weight is 654 g/mol. The number of nitrogens with one attached hydrogen (secondary N) is 1. The minimum atomic E-state index is -4.69. The highest BCUT2D eigenvalue weighted by molar-refractivity contribution is 7.85. The second kappa shape index (κ2) is 12.6. The Kier molecular flexibility index (Phi) is 8.98. The smallest absolute Gasteiger partial charge is 0.339 e. The molecule has 46 heavy (non-hydrogen) atoms. The van der Waals surface area contributed by atoms with Gasteiger partial charge in [0.1, 0.15) is 34.4 Å². The molecule has 2 unspecified atom stereocenters. The number of benzene rings is 3. The molecule has 0 bridgehead atoms. The van der Waals surface area contributed by atoms with Crippen LogP contribution in [0.2, 0.25) is 0 Å². The van der Waals surface area contributed by atoms with E-state index in [4.69, 9.17) is 5.10 Å². The van der Waals surface area contributed by atoms with Gasteiger partial charge in [-0.1, -0.05) is 36.4 Å². The molecule has 8 nitrogen and oxygen atoms in total. The first kappa shape index (κ1) is 32.7. The molecule has 2 heterocycles. The molecule has 1 aliphatic rings. The second-order valence-electron chi connectivity index (χ2n) is 11.6. The Morgan fingerprint density at radius 1 is 1.02 bits per heavy atom. The molecule has 0 fully saturated rings. The molecule has 0 radical (unpaired) electrons. The summed E-state index contributed by atoms with van der Waals surface area (Å²) in [5.74, 6) is -2.62. The van der Waals surface area contributed by atoms with Crippen molar-refractivity contribution in [3.8, 4) is 5.69 Å². The maximum atomic E-state index is 14.3. The monoisotopic (exact) mass is 653 g/mol. The van der Waals surface area contributed by atoms with E-state index >= 15 is 0 Å². The first-order valence-electron chi connectivity index (χ1n) is 14.4. The Labute approximate surface area is 265 Å². The Morgan fingerprint density at radius 3 is 2.30 bits per heavy atom. The number of nitrogens with zero attached hydrogens (tertiary/aromatic N) is 4. The number of anilines is 1. The molecule has 0 spiro atoms. The van der Waals surface area contributed by atoms with E-state index in [-0.39, 0.29) is 17.8 Å². The molecule has 1 N–H and O–H groups in total. The second-order valence-corrected chi connectivity index (χ2v) is 13.5. The Morgan fingerprint density at radius 2 is 1.70 bits per heavy atom. The number of para-hydroxylation sites is 1. The van der Waals surface area contributed by atoms with Crippen molar-refractivity contribution >= 4 is 34.8 Å². The molecule has 1 aliphatic heterocycles. The highest BCUT2D eigenvalue weighted by atomic mass is 32.2. The fourth-order valence-corrected chi connectivity index (χ4v) is 5.73. The van der Waals surface area contributed by atoms with Crippen molar-refractivity contribution in [3.05, 3.63) is 113 Å². The fraction of sp³-hybridized carbons (Fsp3) is 0.273. The lowest BCUT2D eigenvalue weighted by Gasteiger charge is -2.38. The number of hydrogen-bond acceptors (Lipinski definition) is 4. The van der Waals surface area contributed by atoms with Gasteiger partial charge in [0.15, 0.2) is 0 Å². The highest BCUT2D eigenvalue weighted by Gasteiger charge is 2.46. The predicted molar refractivity (Wildman–Crippen MR) is 168 cm³/mol. The lowest BCUT2D eigenvalue weighted by molar-refractivity contribution is -0.137. The van der Waals surface area contributed by atoms with Crippen molar-refractivity contribution in [2.24, 2.45) is 4.40 Å². The van der Waals surface area contributed by atoms with E-state index in [9.17, 15) is 31.4 Å². The van der Waals surface area contributed by atoms with Crippen molar-refractivity contribution in [3.63, 3.8) is 0 Å². The van der Waals surface area contributed by atoms with Gasteiger partial charge in [0.05, 0.1) is 22.2 Å². The van der Waals surface area contributed by atoms with Crippen molar-refractivity contribution in [2.45, 2.75) is 50.6 Å². The average Bonchev–Trinajstić information content (AvgIpc) is 3.39. The zero-order valence-electron chi connectivity index (χ0n) is 25.4. The Balaban J connectivity index is 1.73. The van der Waals surface area contributed by atoms with Gasteiger partial charge in [0, 0.05) is 23.6 Å². The minimum absolute atomic E-state index is 0.140. The molecule has 4 aromatic rings. The molecular formula is C33H31F4N5O3S. The van der Waals surface area contributed by atoms with E-state index < -0.39 is 57.1 Å². The Bertz CT molecular complexity index is 1820. The molecule has 13 heteroatoms. The quantitative estimate of drug-likeness (QED) is 0.190. The van der Waals surface area contributed by atoms with Crippen molar-refractivity contribution < 1.29 is 31.4 Å². The standard InChI is InChI=1S/C33H31F4N5O3S/c1-5-41-30-27(25(19-38-46(45)32(2,3)4)40-42(30)24-12-7-6-8-13-24)26(20-14-16-23(34)17-15-20)28(31(41)44)39-29(43)21-10-9-11-22(18-21)33(35,36)37/h6-19,26,28H,5H2,1-4H3,(H,39,43)/b38-19-/t26?,28?,46-/m0/s1. The van der Waals surface area contributed by atoms with Crippen molar-refractivity contribution in [1.82, 2.24) is 15.1 Å². The number of hydrogen-bond donors (Lipinski definition) is 1. The van der Waals surface area contributed by atoms with Crippen LogP contribution in [0.15, 0.2) is 83.3 Å². The van der Waals surface area contributed by atoms with E-state index in [0.29, 0.717) is 28.7 Å². The van der Waals surface area contributed by atoms with Crippen LogP contribution in [0, 0.1) is 5.82 Å². The van der Waals surface area contributed by atoms with Gasteiger partial charge in [0.25, 0.3) is 11.8 Å². The van der Waals surface area contributed by atoms with E-state index in [2.05, 4.69) is 9.71 Å². The van der Waals surface area contributed by atoms with E-state index in [0.717, 1.165) is 12.1 Å². The summed E-state index contributed by atoms with van der Waals surface area (Å²) in [5, 5.41) is 7.44. The SMILES string of the molecule is CCN1C(=O)C(NC(=O)c2cccc(C(F)(F)F)c2)C(c2ccc(F)cc2)c2c(/C=N\[S@@](=O)C(C)(C)C)nn(-c3ccccc3)c21. The zero-order valence-corrected chi connectivity index (χ0v) is 26.2. The van der Waals surface area contributed by atoms with Gasteiger partial charge in [-0.15, -0.1) is 0 Å². The summed E-state index contributed by atoms with van der Waals surface area (Å²) in [4.78, 5) is 29.2. The summed E-state index contributed by atoms with van der Waals surface area (Å²) < 4.78 is 72.6. The van der Waals surface area contributed by atoms with Gasteiger partial charge in [-0.3, -0.25) is 14.5 Å². The van der Waals surface area contributed by atoms with Crippen molar-refractivity contribution in [1.29, 1.82) is 0 Å². The maximum Gasteiger partial charge on any atom is 0.416 e. The van der Waals surface area contributed by atoms with E-state index in [1.807, 2.05) is 6.07 Å². The highest BCUT2D eigenvalue weighted by Crippen LogP contribution is 2.43. The van der Waals surface area contributed by atoms with E-state index in [1.165, 1.54) is 41.4 Å². The number of fused-ring (bicyclic) bond motifs is 1. The molecule has 1 aromatic heterocycles. The van der Waals surface area contributed by atoms with Crippen molar-refractivity contribution in [2.75, 3.05) is 11.4 Å². The first-order valence-corrected chi connectivity index (χ1v) is 15.5. The van der Waals surface area contributed by atoms with Crippen LogP contribution in [0.5, 0.6) is 0 Å². The number of aromatic nitrogens is 2. The normalized spacial score (nSPS) is 17.7. The number of halogens is 4. The van der Waals surface area contributed by atoms with Gasteiger partial charge in [0.2, 0.25) is 0 Å². The lowest BCUT2D eigenvalue weighted by atomic mass is 9.81. The molecule has 2 amide bonds. The van der Waals surface area contributed by atoms with Gasteiger partial charge in [-0.25, -0.2) is 13.3 Å². The van der Waals surface area contributed by atoms with Crippen LogP contribution in [0.1, 0.15) is 66.4 Å². The molecule has 240 valence electrons. The van der Waals surface area contributed by atoms with Gasteiger partial charge in [-0.05, 0) is 75.7 Å². The number of alkyl halides is 3. The fourth-order valence-electron chi connectivity index (χ4n) is 5.22. The maximum absolute atomic E-state index is 14.3. The molecule has 0 saturated heterocycles. The van der Waals surface area contributed by atoms with Crippen LogP contribution in [-0.2, 0) is 22.0 Å². The van der Waals surface area contributed by atoms with E-state index in [1.54, 1.807) is 56.6 Å². The number of likely N-dealkylation sites (N-methyl/N-ethyl adjacent to an activating group) is 1. The van der Waals surface area contributed by atoms with Crippen LogP contribution in [0.25, 0.3) is 5.69 Å². The molecule has 5 rings (SSSR count). The van der Waals surface area contributed by atoms with Crippen LogP contribution in [0.4, 0.5) is 23.4 Å². The summed E-state index contributed by atoms with van der Waals surface area (Å²) >= 11 is 0. The van der Waals surface area contributed by atoms with Crippen LogP contribution < -0.4 is 10.2 Å². The summed E-state index contributed by atoms with van der Waals surface area (Å²) in [6.07, 6.45) is -3.33. The van der Waals surface area contributed by atoms with Gasteiger partial charge in [-0.2, -0.15) is 22.7 Å². The predicted octanol–water partition coefficient (Wildman–Crippen LogP) is 6.21. The Hall–Kier alpha value is -4.65. The summed E-state index contributed by atoms with van der Waals surface area (Å²) in [7, 11) is -1.67. The third-order valence-corrected chi connectivity index (χ3v) is 8.78. The molecule has 0 aliphatic carbocycles. The largest absolute Gasteiger partial charge is 0.416 e. The van der Waals surface area contributed by atoms with Gasteiger partial charge < -0.3 is 5.32 Å². The van der Waals surface area contributed by atoms with Crippen LogP contribution in [-0.4, -0.2) is 49.4 Å². The topological polar surface area (TPSA) is 96.7 Å². The summed E-state index contributed by atoms with van der Waals surface area (Å²) in [6.45, 7) is 7.15. The lowest BCUT2D eigenvalue weighted by Crippen LogP contribution is -2.55. The number of carbonyl (C=O) groups is 2. The summed E-state index contributed by atoms with van der Waals surface area (Å²) in [5.41, 5.74) is 0.399. The number of amides is 2. The molecule has 0 saturated carbocycles. The minimum Gasteiger partial charge on any atom is -0.339 e.